The highest BCUT2D eigenvalue weighted by Gasteiger charge is 2.19. The number of fused-ring (bicyclic) bond motifs is 2. The molecule has 4 N–H and O–H groups in total. The summed E-state index contributed by atoms with van der Waals surface area (Å²) in [7, 11) is 0. The van der Waals surface area contributed by atoms with Gasteiger partial charge in [-0.2, -0.15) is 9.83 Å². The Kier molecular flexibility index (Phi) is 2.24. The second-order valence-corrected chi connectivity index (χ2v) is 3.89. The summed E-state index contributed by atoms with van der Waals surface area (Å²) in [5.74, 6) is 4.91. The topological polar surface area (TPSA) is 119 Å². The van der Waals surface area contributed by atoms with Gasteiger partial charge in [0.2, 0.25) is 6.79 Å². The van der Waals surface area contributed by atoms with Crippen molar-refractivity contribution >= 4 is 16.9 Å². The minimum absolute atomic E-state index is 0.0612. The molecule has 0 saturated heterocycles. The van der Waals surface area contributed by atoms with Gasteiger partial charge in [0.05, 0.1) is 11.7 Å². The van der Waals surface area contributed by atoms with Crippen LogP contribution >= 0.6 is 0 Å². The molecule has 0 fully saturated rings. The van der Waals surface area contributed by atoms with Crippen LogP contribution in [0.4, 0.5) is 0 Å². The number of carboxylic acid groups (broad SMARTS) is 1. The summed E-state index contributed by atoms with van der Waals surface area (Å²) in [4.78, 5) is 11.1. The molecule has 0 amide bonds. The van der Waals surface area contributed by atoms with Crippen LogP contribution in [0.1, 0.15) is 10.4 Å². The largest absolute Gasteiger partial charge is 0.478 e. The molecule has 0 unspecified atom stereocenters. The summed E-state index contributed by atoms with van der Waals surface area (Å²) in [6.45, 7) is 0.0674. The van der Waals surface area contributed by atoms with Gasteiger partial charge in [-0.3, -0.25) is 0 Å². The van der Waals surface area contributed by atoms with Crippen molar-refractivity contribution in [2.24, 2.45) is 10.9 Å². The molecule has 0 radical (unpaired) electrons. The molecule has 0 atom stereocenters. The monoisotopic (exact) mass is 263 g/mol. The first kappa shape index (κ1) is 11.2. The summed E-state index contributed by atoms with van der Waals surface area (Å²) in [6.07, 6.45) is 1.03. The predicted molar refractivity (Wildman–Crippen MR) is 62.0 cm³/mol. The normalized spacial score (nSPS) is 14.0. The Hall–Kier alpha value is -2.90. The highest BCUT2D eigenvalue weighted by Crippen LogP contribution is 2.34. The van der Waals surface area contributed by atoms with E-state index < -0.39 is 5.97 Å². The fourth-order valence-corrected chi connectivity index (χ4v) is 2.00. The number of hydrogen-bond donors (Lipinski definition) is 3. The number of aromatic carboxylic acids is 1. The molecule has 8 nitrogen and oxygen atoms in total. The van der Waals surface area contributed by atoms with Crippen molar-refractivity contribution in [3.63, 3.8) is 0 Å². The Bertz CT molecular complexity index is 765. The van der Waals surface area contributed by atoms with E-state index >= 15 is 0 Å². The second-order valence-electron chi connectivity index (χ2n) is 3.89. The van der Waals surface area contributed by atoms with Crippen LogP contribution in [0.3, 0.4) is 0 Å². The van der Waals surface area contributed by atoms with Crippen LogP contribution in [0.15, 0.2) is 23.4 Å². The van der Waals surface area contributed by atoms with E-state index in [1.165, 1.54) is 12.1 Å². The van der Waals surface area contributed by atoms with E-state index in [4.69, 9.17) is 20.4 Å². The van der Waals surface area contributed by atoms with Crippen LogP contribution in [-0.4, -0.2) is 27.8 Å². The number of nitrogens with two attached hydrogens (primary N) is 1. The van der Waals surface area contributed by atoms with Gasteiger partial charge in [0.25, 0.3) is 0 Å². The van der Waals surface area contributed by atoms with E-state index in [0.717, 1.165) is 6.20 Å². The lowest BCUT2D eigenvalue weighted by molar-refractivity contribution is 0.0690. The molecular formula is C11H9N3O5. The summed E-state index contributed by atoms with van der Waals surface area (Å²) >= 11 is 0. The lowest BCUT2D eigenvalue weighted by Crippen LogP contribution is -2.21. The average Bonchev–Trinajstić information content (AvgIpc) is 2.83. The van der Waals surface area contributed by atoms with E-state index in [0.29, 0.717) is 27.1 Å². The van der Waals surface area contributed by atoms with E-state index in [9.17, 15) is 10.0 Å². The lowest BCUT2D eigenvalue weighted by Gasteiger charge is -2.08. The second kappa shape index (κ2) is 3.80. The number of hydrogen-bond acceptors (Lipinski definition) is 6. The zero-order valence-electron chi connectivity index (χ0n) is 9.53. The Morgan fingerprint density at radius 1 is 1.37 bits per heavy atom. The molecule has 0 saturated carbocycles. The molecule has 0 bridgehead atoms. The van der Waals surface area contributed by atoms with Gasteiger partial charge in [-0.1, -0.05) is 0 Å². The molecule has 2 heterocycles. The van der Waals surface area contributed by atoms with Gasteiger partial charge in [0, 0.05) is 11.5 Å². The Morgan fingerprint density at radius 2 is 2.05 bits per heavy atom. The molecule has 3 rings (SSSR count). The fourth-order valence-electron chi connectivity index (χ4n) is 2.00. The maximum Gasteiger partial charge on any atom is 0.339 e. The van der Waals surface area contributed by atoms with Gasteiger partial charge in [0.1, 0.15) is 10.9 Å². The van der Waals surface area contributed by atoms with Crippen LogP contribution in [0.5, 0.6) is 11.5 Å². The molecule has 1 aromatic carbocycles. The molecule has 1 aromatic heterocycles. The van der Waals surface area contributed by atoms with Gasteiger partial charge >= 0.3 is 5.97 Å². The van der Waals surface area contributed by atoms with Gasteiger partial charge in [-0.15, -0.1) is 0 Å². The summed E-state index contributed by atoms with van der Waals surface area (Å²) < 4.78 is 11.1. The highest BCUT2D eigenvalue weighted by molar-refractivity contribution is 5.93. The third kappa shape index (κ3) is 1.53. The third-order valence-electron chi connectivity index (χ3n) is 2.86. The van der Waals surface area contributed by atoms with E-state index in [1.54, 1.807) is 0 Å². The van der Waals surface area contributed by atoms with E-state index in [1.807, 2.05) is 0 Å². The van der Waals surface area contributed by atoms with E-state index in [-0.39, 0.29) is 17.7 Å². The quantitative estimate of drug-likeness (QED) is 0.381. The number of carbonyl (C=O) groups is 1. The number of ether oxygens (including phenoxy) is 2. The standard InChI is InChI=1S/C11H9N3O5/c12-13-10-5-1-8-9(19-4-18-8)2-7(5)14(17)3-6(10)11(15)16/h1-3,17H,4,12H2,(H,15,16)/b13-10-. The Labute approximate surface area is 105 Å². The van der Waals surface area contributed by atoms with Gasteiger partial charge in [-0.25, -0.2) is 4.79 Å². The first-order valence-corrected chi connectivity index (χ1v) is 5.27. The van der Waals surface area contributed by atoms with Crippen LogP contribution in [0.2, 0.25) is 0 Å². The molecular weight excluding hydrogens is 254 g/mol. The van der Waals surface area contributed by atoms with E-state index in [2.05, 4.69) is 5.10 Å². The number of carboxylic acids is 1. The van der Waals surface area contributed by atoms with Gasteiger partial charge in [-0.05, 0) is 6.07 Å². The number of aromatic nitrogens is 1. The van der Waals surface area contributed by atoms with Crippen molar-refractivity contribution in [3.8, 4) is 11.5 Å². The highest BCUT2D eigenvalue weighted by atomic mass is 16.7. The number of nitrogens with zero attached hydrogens (tertiary/aromatic N) is 2. The molecule has 98 valence electrons. The molecule has 0 spiro atoms. The molecule has 1 aliphatic heterocycles. The predicted octanol–water partition coefficient (Wildman–Crippen LogP) is 0.0799. The molecule has 8 heteroatoms. The Balaban J connectivity index is 2.48. The van der Waals surface area contributed by atoms with Gasteiger partial charge < -0.3 is 25.6 Å². The zero-order valence-corrected chi connectivity index (χ0v) is 9.53. The van der Waals surface area contributed by atoms with Crippen LogP contribution in [0, 0.1) is 0 Å². The first-order chi connectivity index (χ1) is 9.11. The molecule has 2 aromatic rings. The minimum Gasteiger partial charge on any atom is -0.478 e. The van der Waals surface area contributed by atoms with Crippen molar-refractivity contribution in [1.82, 2.24) is 4.73 Å². The van der Waals surface area contributed by atoms with Crippen LogP contribution in [-0.2, 0) is 0 Å². The number of rotatable bonds is 1. The maximum atomic E-state index is 11.1. The molecule has 1 aliphatic rings. The summed E-state index contributed by atoms with van der Waals surface area (Å²) in [5.41, 5.74) is 0.106. The SMILES string of the molecule is N/N=c1\c(C(=O)O)cn(O)c2cc3c(cc12)OCO3. The van der Waals surface area contributed by atoms with Crippen molar-refractivity contribution < 1.29 is 24.6 Å². The fraction of sp³-hybridized carbons (Fsp3) is 0.0909. The first-order valence-electron chi connectivity index (χ1n) is 5.27. The third-order valence-corrected chi connectivity index (χ3v) is 2.86. The van der Waals surface area contributed by atoms with Crippen LogP contribution in [0.25, 0.3) is 10.9 Å². The summed E-state index contributed by atoms with van der Waals surface area (Å²) in [5, 5.41) is 22.8. The van der Waals surface area contributed by atoms with Crippen molar-refractivity contribution in [3.05, 3.63) is 29.3 Å². The lowest BCUT2D eigenvalue weighted by atomic mass is 10.1. The van der Waals surface area contributed by atoms with Crippen molar-refractivity contribution in [1.29, 1.82) is 0 Å². The van der Waals surface area contributed by atoms with Gasteiger partial charge in [0.15, 0.2) is 11.5 Å². The van der Waals surface area contributed by atoms with Crippen molar-refractivity contribution in [2.45, 2.75) is 0 Å². The zero-order chi connectivity index (χ0) is 13.6. The van der Waals surface area contributed by atoms with Crippen molar-refractivity contribution in [2.75, 3.05) is 6.79 Å². The number of benzene rings is 1. The minimum atomic E-state index is -1.24. The molecule has 0 aliphatic carbocycles. The number of pyridine rings is 1. The average molecular weight is 263 g/mol. The van der Waals surface area contributed by atoms with Crippen LogP contribution < -0.4 is 20.7 Å². The Morgan fingerprint density at radius 3 is 2.68 bits per heavy atom. The smallest absolute Gasteiger partial charge is 0.339 e. The maximum absolute atomic E-state index is 11.1. The summed E-state index contributed by atoms with van der Waals surface area (Å²) in [6, 6.07) is 3.06. The molecule has 19 heavy (non-hydrogen) atoms.